The molecule has 0 N–H and O–H groups in total. The van der Waals surface area contributed by atoms with Crippen LogP contribution in [0.25, 0.3) is 12.2 Å². The number of hydrogen-bond acceptors (Lipinski definition) is 0. The average molecular weight is 503 g/mol. The molecule has 2 aromatic carbocycles. The molecule has 2 aromatic rings. The van der Waals surface area contributed by atoms with Crippen molar-refractivity contribution in [3.8, 4) is 0 Å². The van der Waals surface area contributed by atoms with Gasteiger partial charge in [-0.25, -0.2) is 0 Å². The van der Waals surface area contributed by atoms with E-state index in [4.69, 9.17) is 0 Å². The van der Waals surface area contributed by atoms with Gasteiger partial charge in [-0.1, -0.05) is 0 Å². The molecule has 32 heavy (non-hydrogen) atoms. The van der Waals surface area contributed by atoms with E-state index in [1.807, 2.05) is 0 Å². The number of halogens is 2. The van der Waals surface area contributed by atoms with Crippen molar-refractivity contribution >= 4 is 12.2 Å². The normalized spacial score (nSPS) is 22.1. The summed E-state index contributed by atoms with van der Waals surface area (Å²) in [5.74, 6) is 0. The molecule has 170 valence electrons. The molecule has 1 aliphatic heterocycles. The monoisotopic (exact) mass is 502 g/mol. The fraction of sp³-hybridized carbons (Fsp3) is 0.448. The van der Waals surface area contributed by atoms with E-state index in [2.05, 4.69) is 102 Å². The fourth-order valence-electron chi connectivity index (χ4n) is 6.51. The Morgan fingerprint density at radius 1 is 0.625 bits per heavy atom. The molecule has 5 rings (SSSR count). The van der Waals surface area contributed by atoms with Crippen LogP contribution in [0.4, 0.5) is 0 Å². The van der Waals surface area contributed by atoms with Crippen LogP contribution in [0.15, 0.2) is 59.7 Å². The SMILES string of the molecule is CC(C)(C)C1=Cc2ccccc2[CH]1[Ti+2]1([CH]2C(C(C)(C)C)=Cc3ccccc32)[CH2]C[CH2]1.[Cl-].[Cl-]. The van der Waals surface area contributed by atoms with Crippen LogP contribution in [0.2, 0.25) is 9.45 Å². The summed E-state index contributed by atoms with van der Waals surface area (Å²) in [5.41, 5.74) is 10.2. The van der Waals surface area contributed by atoms with Gasteiger partial charge in [0.25, 0.3) is 0 Å². The van der Waals surface area contributed by atoms with E-state index < -0.39 is 16.6 Å². The van der Waals surface area contributed by atoms with E-state index in [0.717, 1.165) is 0 Å². The van der Waals surface area contributed by atoms with Crippen molar-refractivity contribution in [2.24, 2.45) is 10.8 Å². The van der Waals surface area contributed by atoms with Gasteiger partial charge in [-0.05, 0) is 0 Å². The number of benzene rings is 2. The zero-order chi connectivity index (χ0) is 21.3. The summed E-state index contributed by atoms with van der Waals surface area (Å²) in [7, 11) is 0. The molecule has 1 fully saturated rings. The van der Waals surface area contributed by atoms with Gasteiger partial charge in [-0.2, -0.15) is 0 Å². The number of rotatable bonds is 2. The van der Waals surface area contributed by atoms with Crippen molar-refractivity contribution < 1.29 is 41.4 Å². The van der Waals surface area contributed by atoms with E-state index in [9.17, 15) is 0 Å². The first kappa shape index (κ1) is 25.8. The van der Waals surface area contributed by atoms with Gasteiger partial charge < -0.3 is 24.8 Å². The Morgan fingerprint density at radius 3 is 1.31 bits per heavy atom. The van der Waals surface area contributed by atoms with Crippen LogP contribution in [0.5, 0.6) is 0 Å². The maximum atomic E-state index is 2.58. The van der Waals surface area contributed by atoms with E-state index in [1.54, 1.807) is 22.3 Å². The molecule has 2 unspecified atom stereocenters. The molecular weight excluding hydrogens is 467 g/mol. The first-order chi connectivity index (χ1) is 14.1. The molecule has 3 aliphatic rings. The van der Waals surface area contributed by atoms with Crippen LogP contribution in [0.1, 0.15) is 78.7 Å². The summed E-state index contributed by atoms with van der Waals surface area (Å²) in [4.78, 5) is 0. The smallest absolute Gasteiger partial charge is 1.00 e. The second-order valence-electron chi connectivity index (χ2n) is 11.9. The number of allylic oxidation sites excluding steroid dienone is 2. The van der Waals surface area contributed by atoms with Gasteiger partial charge in [0, 0.05) is 0 Å². The van der Waals surface area contributed by atoms with Crippen LogP contribution in [-0.4, -0.2) is 0 Å². The van der Waals surface area contributed by atoms with Crippen molar-refractivity contribution in [3.63, 3.8) is 0 Å². The van der Waals surface area contributed by atoms with E-state index >= 15 is 0 Å². The summed E-state index contributed by atoms with van der Waals surface area (Å²) in [6.07, 6.45) is 6.59. The Morgan fingerprint density at radius 2 is 1.00 bits per heavy atom. The van der Waals surface area contributed by atoms with Gasteiger partial charge in [0.05, 0.1) is 0 Å². The molecule has 2 atom stereocenters. The van der Waals surface area contributed by atoms with Crippen LogP contribution in [0.3, 0.4) is 0 Å². The Balaban J connectivity index is 0.00000144. The van der Waals surface area contributed by atoms with Crippen molar-refractivity contribution in [2.45, 2.75) is 65.9 Å². The van der Waals surface area contributed by atoms with Crippen molar-refractivity contribution in [1.82, 2.24) is 0 Å². The van der Waals surface area contributed by atoms with Gasteiger partial charge in [0.1, 0.15) is 0 Å². The molecule has 0 aromatic heterocycles. The third-order valence-electron chi connectivity index (χ3n) is 8.02. The van der Waals surface area contributed by atoms with Gasteiger partial charge in [-0.3, -0.25) is 0 Å². The predicted molar refractivity (Wildman–Crippen MR) is 127 cm³/mol. The second kappa shape index (κ2) is 8.77. The van der Waals surface area contributed by atoms with Crippen LogP contribution >= 0.6 is 0 Å². The summed E-state index contributed by atoms with van der Waals surface area (Å²) in [6.45, 7) is 14.6. The second-order valence-corrected chi connectivity index (χ2v) is 19.1. The molecule has 0 nitrogen and oxygen atoms in total. The van der Waals surface area contributed by atoms with Gasteiger partial charge in [0.15, 0.2) is 0 Å². The predicted octanol–water partition coefficient (Wildman–Crippen LogP) is 2.76. The molecule has 1 heterocycles. The van der Waals surface area contributed by atoms with Crippen LogP contribution < -0.4 is 24.8 Å². The van der Waals surface area contributed by atoms with Crippen LogP contribution in [0, 0.1) is 10.8 Å². The van der Waals surface area contributed by atoms with Crippen molar-refractivity contribution in [2.75, 3.05) is 0 Å². The summed E-state index contributed by atoms with van der Waals surface area (Å²) >= 11 is -2.34. The summed E-state index contributed by atoms with van der Waals surface area (Å²) in [5, 5.41) is 0. The van der Waals surface area contributed by atoms with Gasteiger partial charge >= 0.3 is 187 Å². The van der Waals surface area contributed by atoms with Crippen molar-refractivity contribution in [1.29, 1.82) is 0 Å². The standard InChI is InChI=1S/2C13H15.C3H6.2ClH.Ti/c2*1-13(2,3)12-8-10-6-4-5-7-11(10)9-12;1-3-2;;;/h2*4-9H,1-3H3;1-3H2;2*1H;/q;;;;;+2/p-2. The van der Waals surface area contributed by atoms with Crippen molar-refractivity contribution in [3.05, 3.63) is 81.9 Å². The molecule has 1 saturated heterocycles. The minimum absolute atomic E-state index is 0. The molecule has 0 bridgehead atoms. The topological polar surface area (TPSA) is 0 Å². The fourth-order valence-corrected chi connectivity index (χ4v) is 17.0. The van der Waals surface area contributed by atoms with E-state index in [0.29, 0.717) is 8.45 Å². The maximum Gasteiger partial charge on any atom is -1.00 e. The quantitative estimate of drug-likeness (QED) is 0.554. The molecule has 0 radical (unpaired) electrons. The van der Waals surface area contributed by atoms with Gasteiger partial charge in [0.2, 0.25) is 0 Å². The Labute approximate surface area is 211 Å². The van der Waals surface area contributed by atoms with Crippen LogP contribution in [-0.2, 0) is 16.6 Å². The number of hydrogen-bond donors (Lipinski definition) is 0. The largest absolute Gasteiger partial charge is 1.00 e. The molecule has 0 amide bonds. The summed E-state index contributed by atoms with van der Waals surface area (Å²) < 4.78 is 4.44. The Kier molecular flexibility index (Phi) is 7.08. The maximum absolute atomic E-state index is 2.58. The molecule has 3 heteroatoms. The molecular formula is C29H36Cl2Ti. The minimum atomic E-state index is -2.34. The molecule has 0 spiro atoms. The third-order valence-corrected chi connectivity index (χ3v) is 17.6. The molecule has 2 aliphatic carbocycles. The third kappa shape index (κ3) is 3.90. The first-order valence-electron chi connectivity index (χ1n) is 11.7. The zero-order valence-electron chi connectivity index (χ0n) is 20.3. The number of fused-ring (bicyclic) bond motifs is 2. The van der Waals surface area contributed by atoms with Gasteiger partial charge in [-0.15, -0.1) is 0 Å². The molecule has 0 saturated carbocycles. The zero-order valence-corrected chi connectivity index (χ0v) is 23.4. The average Bonchev–Trinajstić information content (AvgIpc) is 3.21. The Bertz CT molecular complexity index is 980. The van der Waals surface area contributed by atoms with E-state index in [-0.39, 0.29) is 35.6 Å². The summed E-state index contributed by atoms with van der Waals surface area (Å²) in [6, 6.07) is 18.7. The minimum Gasteiger partial charge on any atom is -1.00 e. The first-order valence-corrected chi connectivity index (χ1v) is 15.8. The van der Waals surface area contributed by atoms with E-state index in [1.165, 1.54) is 27.0 Å². The Hall–Kier alpha value is -0.786.